The molecule has 0 unspecified atom stereocenters. The lowest BCUT2D eigenvalue weighted by Gasteiger charge is -2.29. The monoisotopic (exact) mass is 342 g/mol. The summed E-state index contributed by atoms with van der Waals surface area (Å²) in [6, 6.07) is 12.9. The normalized spacial score (nSPS) is 20.6. The fourth-order valence-electron chi connectivity index (χ4n) is 4.07. The van der Waals surface area contributed by atoms with E-state index in [-0.39, 0.29) is 0 Å². The summed E-state index contributed by atoms with van der Waals surface area (Å²) in [4.78, 5) is 0. The Morgan fingerprint density at radius 3 is 2.16 bits per heavy atom. The van der Waals surface area contributed by atoms with E-state index in [4.69, 9.17) is 0 Å². The third-order valence-electron chi connectivity index (χ3n) is 5.66. The van der Waals surface area contributed by atoms with Crippen molar-refractivity contribution in [2.45, 2.75) is 64.2 Å². The van der Waals surface area contributed by atoms with E-state index in [2.05, 4.69) is 31.2 Å². The van der Waals surface area contributed by atoms with Crippen LogP contribution in [0.4, 0.5) is 8.78 Å². The first-order valence-corrected chi connectivity index (χ1v) is 9.68. The zero-order valence-corrected chi connectivity index (χ0v) is 15.1. The Hall–Kier alpha value is -1.70. The maximum absolute atomic E-state index is 13.3. The molecule has 2 aromatic carbocycles. The Morgan fingerprint density at radius 1 is 0.840 bits per heavy atom. The first-order chi connectivity index (χ1) is 12.2. The van der Waals surface area contributed by atoms with Crippen LogP contribution in [-0.2, 0) is 6.42 Å². The predicted octanol–water partition coefficient (Wildman–Crippen LogP) is 7.02. The van der Waals surface area contributed by atoms with Gasteiger partial charge in [0.15, 0.2) is 11.6 Å². The van der Waals surface area contributed by atoms with Gasteiger partial charge in [-0.05, 0) is 72.8 Å². The van der Waals surface area contributed by atoms with Gasteiger partial charge in [-0.3, -0.25) is 0 Å². The van der Waals surface area contributed by atoms with Gasteiger partial charge < -0.3 is 0 Å². The molecule has 0 radical (unpaired) electrons. The third kappa shape index (κ3) is 4.90. The van der Waals surface area contributed by atoms with Crippen molar-refractivity contribution in [3.8, 4) is 0 Å². The van der Waals surface area contributed by atoms with E-state index in [9.17, 15) is 8.78 Å². The average Bonchev–Trinajstić information content (AvgIpc) is 2.64. The van der Waals surface area contributed by atoms with Gasteiger partial charge in [-0.15, -0.1) is 0 Å². The zero-order valence-electron chi connectivity index (χ0n) is 15.1. The van der Waals surface area contributed by atoms with Crippen LogP contribution < -0.4 is 0 Å². The Labute approximate surface area is 150 Å². The topological polar surface area (TPSA) is 0 Å². The Morgan fingerprint density at radius 2 is 1.52 bits per heavy atom. The summed E-state index contributed by atoms with van der Waals surface area (Å²) >= 11 is 0. The molecule has 0 heterocycles. The van der Waals surface area contributed by atoms with E-state index in [1.54, 1.807) is 6.07 Å². The molecular formula is C23H28F2. The number of rotatable bonds is 6. The summed E-state index contributed by atoms with van der Waals surface area (Å²) in [7, 11) is 0. The lowest BCUT2D eigenvalue weighted by Crippen LogP contribution is -2.13. The summed E-state index contributed by atoms with van der Waals surface area (Å²) < 4.78 is 26.3. The SMILES string of the molecule is CCCCC1CCC(c2ccc(Cc3ccc(F)c(F)c3)cc2)CC1. The van der Waals surface area contributed by atoms with Gasteiger partial charge in [0, 0.05) is 0 Å². The molecule has 0 nitrogen and oxygen atoms in total. The molecule has 0 spiro atoms. The predicted molar refractivity (Wildman–Crippen MR) is 99.8 cm³/mol. The van der Waals surface area contributed by atoms with Crippen LogP contribution in [-0.4, -0.2) is 0 Å². The van der Waals surface area contributed by atoms with Gasteiger partial charge in [-0.1, -0.05) is 56.5 Å². The first kappa shape index (κ1) is 18.1. The molecule has 0 saturated heterocycles. The minimum atomic E-state index is -0.784. The van der Waals surface area contributed by atoms with Crippen molar-refractivity contribution < 1.29 is 8.78 Å². The minimum absolute atomic E-state index is 0.640. The molecular weight excluding hydrogens is 314 g/mol. The van der Waals surface area contributed by atoms with Gasteiger partial charge in [0.1, 0.15) is 0 Å². The average molecular weight is 342 g/mol. The Balaban J connectivity index is 1.56. The molecule has 1 aliphatic carbocycles. The molecule has 2 aromatic rings. The Bertz CT molecular complexity index is 667. The Kier molecular flexibility index (Phi) is 6.23. The van der Waals surface area contributed by atoms with Gasteiger partial charge in [0.2, 0.25) is 0 Å². The molecule has 3 rings (SSSR count). The molecule has 1 fully saturated rings. The van der Waals surface area contributed by atoms with Crippen LogP contribution in [0.15, 0.2) is 42.5 Å². The number of hydrogen-bond donors (Lipinski definition) is 0. The second-order valence-electron chi connectivity index (χ2n) is 7.53. The van der Waals surface area contributed by atoms with E-state index in [0.29, 0.717) is 12.3 Å². The van der Waals surface area contributed by atoms with Gasteiger partial charge in [0.25, 0.3) is 0 Å². The van der Waals surface area contributed by atoms with Crippen molar-refractivity contribution in [1.29, 1.82) is 0 Å². The van der Waals surface area contributed by atoms with Crippen LogP contribution in [0.1, 0.15) is 74.5 Å². The van der Waals surface area contributed by atoms with Gasteiger partial charge >= 0.3 is 0 Å². The van der Waals surface area contributed by atoms with Crippen LogP contribution in [0.25, 0.3) is 0 Å². The number of unbranched alkanes of at least 4 members (excludes halogenated alkanes) is 1. The third-order valence-corrected chi connectivity index (χ3v) is 5.66. The molecule has 1 aliphatic rings. The van der Waals surface area contributed by atoms with Crippen molar-refractivity contribution in [2.24, 2.45) is 5.92 Å². The van der Waals surface area contributed by atoms with Crippen LogP contribution in [0.2, 0.25) is 0 Å². The molecule has 0 bridgehead atoms. The molecule has 1 saturated carbocycles. The molecule has 2 heteroatoms. The summed E-state index contributed by atoms with van der Waals surface area (Å²) in [5.41, 5.74) is 3.39. The maximum Gasteiger partial charge on any atom is 0.159 e. The van der Waals surface area contributed by atoms with Crippen molar-refractivity contribution in [3.63, 3.8) is 0 Å². The summed E-state index contributed by atoms with van der Waals surface area (Å²) in [6.07, 6.45) is 10.0. The highest BCUT2D eigenvalue weighted by Crippen LogP contribution is 2.37. The molecule has 0 N–H and O–H groups in total. The number of benzene rings is 2. The maximum atomic E-state index is 13.3. The molecule has 0 amide bonds. The minimum Gasteiger partial charge on any atom is -0.204 e. The van der Waals surface area contributed by atoms with Crippen molar-refractivity contribution in [2.75, 3.05) is 0 Å². The van der Waals surface area contributed by atoms with E-state index in [1.807, 2.05) is 0 Å². The molecule has 0 aliphatic heterocycles. The highest BCUT2D eigenvalue weighted by Gasteiger charge is 2.21. The van der Waals surface area contributed by atoms with Crippen LogP contribution in [0.5, 0.6) is 0 Å². The van der Waals surface area contributed by atoms with E-state index < -0.39 is 11.6 Å². The first-order valence-electron chi connectivity index (χ1n) is 9.68. The quantitative estimate of drug-likeness (QED) is 0.529. The van der Waals surface area contributed by atoms with Crippen LogP contribution in [0.3, 0.4) is 0 Å². The zero-order chi connectivity index (χ0) is 17.6. The lowest BCUT2D eigenvalue weighted by atomic mass is 9.77. The smallest absolute Gasteiger partial charge is 0.159 e. The fraction of sp³-hybridized carbons (Fsp3) is 0.478. The van der Waals surface area contributed by atoms with Crippen molar-refractivity contribution in [3.05, 3.63) is 70.8 Å². The standard InChI is InChI=1S/C23H28F2/c1-2-3-4-17-5-10-20(11-6-17)21-12-7-18(8-13-21)15-19-9-14-22(24)23(25)16-19/h7-9,12-14,16-17,20H,2-6,10-11,15H2,1H3. The van der Waals surface area contributed by atoms with Crippen molar-refractivity contribution in [1.82, 2.24) is 0 Å². The molecule has 0 aromatic heterocycles. The number of halogens is 2. The molecule has 25 heavy (non-hydrogen) atoms. The molecule has 0 atom stereocenters. The lowest BCUT2D eigenvalue weighted by molar-refractivity contribution is 0.304. The molecule has 134 valence electrons. The van der Waals surface area contributed by atoms with Gasteiger partial charge in [-0.2, -0.15) is 0 Å². The fourth-order valence-corrected chi connectivity index (χ4v) is 4.07. The highest BCUT2D eigenvalue weighted by atomic mass is 19.2. The van der Waals surface area contributed by atoms with Gasteiger partial charge in [-0.25, -0.2) is 8.78 Å². The summed E-state index contributed by atoms with van der Waals surface area (Å²) in [5.74, 6) is 0.0710. The summed E-state index contributed by atoms with van der Waals surface area (Å²) in [6.45, 7) is 2.27. The van der Waals surface area contributed by atoms with Gasteiger partial charge in [0.05, 0.1) is 0 Å². The van der Waals surface area contributed by atoms with Crippen molar-refractivity contribution >= 4 is 0 Å². The highest BCUT2D eigenvalue weighted by molar-refractivity contribution is 5.30. The van der Waals surface area contributed by atoms with E-state index in [0.717, 1.165) is 17.0 Å². The van der Waals surface area contributed by atoms with E-state index >= 15 is 0 Å². The summed E-state index contributed by atoms with van der Waals surface area (Å²) in [5, 5.41) is 0. The number of hydrogen-bond acceptors (Lipinski definition) is 0. The van der Waals surface area contributed by atoms with Crippen LogP contribution >= 0.6 is 0 Å². The van der Waals surface area contributed by atoms with Crippen LogP contribution in [0, 0.1) is 17.6 Å². The van der Waals surface area contributed by atoms with E-state index in [1.165, 1.54) is 62.6 Å². The second-order valence-corrected chi connectivity index (χ2v) is 7.53. The largest absolute Gasteiger partial charge is 0.204 e. The second kappa shape index (κ2) is 8.60.